The molecule has 1 fully saturated rings. The Morgan fingerprint density at radius 2 is 2.15 bits per heavy atom. The van der Waals surface area contributed by atoms with E-state index in [4.69, 9.17) is 0 Å². The predicted octanol–water partition coefficient (Wildman–Crippen LogP) is 3.63. The lowest BCUT2D eigenvalue weighted by Crippen LogP contribution is -2.15. The molecule has 1 N–H and O–H groups in total. The van der Waals surface area contributed by atoms with Crippen molar-refractivity contribution in [1.82, 2.24) is 9.38 Å². The van der Waals surface area contributed by atoms with Crippen LogP contribution in [-0.4, -0.2) is 15.3 Å². The fraction of sp³-hybridized carbons (Fsp3) is 0.500. The van der Waals surface area contributed by atoms with Crippen LogP contribution in [0.3, 0.4) is 0 Å². The molecule has 20 heavy (non-hydrogen) atoms. The lowest BCUT2D eigenvalue weighted by Gasteiger charge is -2.20. The Balaban J connectivity index is 1.52. The molecular formula is C16H21N3O. The Morgan fingerprint density at radius 3 is 2.95 bits per heavy atom. The van der Waals surface area contributed by atoms with E-state index < -0.39 is 0 Å². The summed E-state index contributed by atoms with van der Waals surface area (Å²) in [4.78, 5) is 16.4. The standard InChI is InChI=1S/C16H21N3O/c20-16(10-9-13-6-2-1-3-7-13)18-14-12-19-11-5-4-8-15(19)17-14/h4-5,8,11-13H,1-3,6-7,9-10H2,(H,18,20). The lowest BCUT2D eigenvalue weighted by atomic mass is 9.86. The fourth-order valence-corrected chi connectivity index (χ4v) is 3.01. The fourth-order valence-electron chi connectivity index (χ4n) is 3.01. The van der Waals surface area contributed by atoms with Crippen LogP contribution in [0.1, 0.15) is 44.9 Å². The van der Waals surface area contributed by atoms with Crippen molar-refractivity contribution in [3.8, 4) is 0 Å². The highest BCUT2D eigenvalue weighted by Gasteiger charge is 2.15. The molecular weight excluding hydrogens is 250 g/mol. The Labute approximate surface area is 119 Å². The van der Waals surface area contributed by atoms with Gasteiger partial charge < -0.3 is 9.72 Å². The number of amides is 1. The Morgan fingerprint density at radius 1 is 1.30 bits per heavy atom. The zero-order chi connectivity index (χ0) is 13.8. The summed E-state index contributed by atoms with van der Waals surface area (Å²) < 4.78 is 1.91. The van der Waals surface area contributed by atoms with Gasteiger partial charge in [-0.1, -0.05) is 38.2 Å². The van der Waals surface area contributed by atoms with E-state index in [0.29, 0.717) is 12.2 Å². The molecule has 1 amide bonds. The van der Waals surface area contributed by atoms with Crippen molar-refractivity contribution in [3.63, 3.8) is 0 Å². The molecule has 2 aromatic rings. The summed E-state index contributed by atoms with van der Waals surface area (Å²) in [5, 5.41) is 2.90. The second-order valence-corrected chi connectivity index (χ2v) is 5.68. The number of imidazole rings is 1. The maximum atomic E-state index is 12.0. The van der Waals surface area contributed by atoms with E-state index in [9.17, 15) is 4.79 Å². The molecule has 4 heteroatoms. The van der Waals surface area contributed by atoms with Crippen molar-refractivity contribution in [2.75, 3.05) is 5.32 Å². The summed E-state index contributed by atoms with van der Waals surface area (Å²) in [5.74, 6) is 1.47. The van der Waals surface area contributed by atoms with Gasteiger partial charge in [0.05, 0.1) is 6.20 Å². The van der Waals surface area contributed by atoms with Crippen LogP contribution in [0, 0.1) is 5.92 Å². The average molecular weight is 271 g/mol. The predicted molar refractivity (Wildman–Crippen MR) is 79.6 cm³/mol. The number of pyridine rings is 1. The zero-order valence-electron chi connectivity index (χ0n) is 11.7. The summed E-state index contributed by atoms with van der Waals surface area (Å²) >= 11 is 0. The van der Waals surface area contributed by atoms with Gasteiger partial charge in [-0.15, -0.1) is 0 Å². The van der Waals surface area contributed by atoms with Crippen molar-refractivity contribution in [3.05, 3.63) is 30.6 Å². The highest BCUT2D eigenvalue weighted by atomic mass is 16.1. The van der Waals surface area contributed by atoms with E-state index in [1.165, 1.54) is 32.1 Å². The number of carbonyl (C=O) groups is 1. The number of anilines is 1. The average Bonchev–Trinajstić information content (AvgIpc) is 2.88. The van der Waals surface area contributed by atoms with E-state index in [2.05, 4.69) is 10.3 Å². The van der Waals surface area contributed by atoms with Gasteiger partial charge in [0, 0.05) is 12.6 Å². The summed E-state index contributed by atoms with van der Waals surface area (Å²) in [6, 6.07) is 5.82. The Kier molecular flexibility index (Phi) is 4.00. The Bertz CT molecular complexity index is 551. The van der Waals surface area contributed by atoms with E-state index in [1.54, 1.807) is 0 Å². The normalized spacial score (nSPS) is 16.4. The van der Waals surface area contributed by atoms with E-state index in [-0.39, 0.29) is 5.91 Å². The molecule has 0 aromatic carbocycles. The van der Waals surface area contributed by atoms with E-state index in [1.807, 2.05) is 35.0 Å². The third-order valence-corrected chi connectivity index (χ3v) is 4.14. The first-order chi connectivity index (χ1) is 9.81. The highest BCUT2D eigenvalue weighted by molar-refractivity contribution is 5.89. The van der Waals surface area contributed by atoms with Gasteiger partial charge in [-0.3, -0.25) is 4.79 Å². The van der Waals surface area contributed by atoms with Gasteiger partial charge in [-0.25, -0.2) is 4.98 Å². The second kappa shape index (κ2) is 6.07. The first kappa shape index (κ1) is 13.2. The molecule has 2 aromatic heterocycles. The molecule has 1 aliphatic rings. The van der Waals surface area contributed by atoms with E-state index in [0.717, 1.165) is 18.0 Å². The number of rotatable bonds is 4. The number of carbonyl (C=O) groups excluding carboxylic acids is 1. The number of nitrogens with one attached hydrogen (secondary N) is 1. The molecule has 3 rings (SSSR count). The van der Waals surface area contributed by atoms with Gasteiger partial charge >= 0.3 is 0 Å². The molecule has 2 heterocycles. The summed E-state index contributed by atoms with van der Waals surface area (Å²) in [7, 11) is 0. The van der Waals surface area contributed by atoms with Gasteiger partial charge in [-0.05, 0) is 24.5 Å². The molecule has 1 saturated carbocycles. The van der Waals surface area contributed by atoms with Crippen LogP contribution in [0.4, 0.5) is 5.82 Å². The molecule has 0 spiro atoms. The van der Waals surface area contributed by atoms with Crippen LogP contribution in [0.25, 0.3) is 5.65 Å². The maximum absolute atomic E-state index is 12.0. The first-order valence-corrected chi connectivity index (χ1v) is 7.55. The largest absolute Gasteiger partial charge is 0.309 e. The molecule has 0 saturated heterocycles. The van der Waals surface area contributed by atoms with Crippen molar-refractivity contribution < 1.29 is 4.79 Å². The molecule has 0 unspecified atom stereocenters. The van der Waals surface area contributed by atoms with Gasteiger partial charge in [0.1, 0.15) is 5.65 Å². The first-order valence-electron chi connectivity index (χ1n) is 7.55. The third kappa shape index (κ3) is 3.18. The minimum absolute atomic E-state index is 0.0824. The van der Waals surface area contributed by atoms with Gasteiger partial charge in [0.15, 0.2) is 5.82 Å². The molecule has 0 aliphatic heterocycles. The van der Waals surface area contributed by atoms with E-state index >= 15 is 0 Å². The highest BCUT2D eigenvalue weighted by Crippen LogP contribution is 2.27. The Hall–Kier alpha value is -1.84. The van der Waals surface area contributed by atoms with Gasteiger partial charge in [0.25, 0.3) is 0 Å². The number of hydrogen-bond acceptors (Lipinski definition) is 2. The molecule has 0 bridgehead atoms. The molecule has 0 radical (unpaired) electrons. The molecule has 4 nitrogen and oxygen atoms in total. The third-order valence-electron chi connectivity index (χ3n) is 4.14. The zero-order valence-corrected chi connectivity index (χ0v) is 11.7. The molecule has 1 aliphatic carbocycles. The smallest absolute Gasteiger partial charge is 0.225 e. The van der Waals surface area contributed by atoms with Crippen molar-refractivity contribution in [1.29, 1.82) is 0 Å². The monoisotopic (exact) mass is 271 g/mol. The lowest BCUT2D eigenvalue weighted by molar-refractivity contribution is -0.116. The summed E-state index contributed by atoms with van der Waals surface area (Å²) in [6.07, 6.45) is 12.0. The number of hydrogen-bond donors (Lipinski definition) is 1. The van der Waals surface area contributed by atoms with Crippen LogP contribution < -0.4 is 5.32 Å². The molecule has 106 valence electrons. The summed E-state index contributed by atoms with van der Waals surface area (Å²) in [5.41, 5.74) is 0.857. The van der Waals surface area contributed by atoms with Crippen LogP contribution in [0.5, 0.6) is 0 Å². The van der Waals surface area contributed by atoms with Crippen LogP contribution in [0.15, 0.2) is 30.6 Å². The van der Waals surface area contributed by atoms with Crippen LogP contribution in [0.2, 0.25) is 0 Å². The van der Waals surface area contributed by atoms with Crippen molar-refractivity contribution >= 4 is 17.4 Å². The molecule has 0 atom stereocenters. The summed E-state index contributed by atoms with van der Waals surface area (Å²) in [6.45, 7) is 0. The maximum Gasteiger partial charge on any atom is 0.225 e. The van der Waals surface area contributed by atoms with Gasteiger partial charge in [-0.2, -0.15) is 0 Å². The topological polar surface area (TPSA) is 46.4 Å². The number of fused-ring (bicyclic) bond motifs is 1. The minimum Gasteiger partial charge on any atom is -0.309 e. The van der Waals surface area contributed by atoms with Crippen LogP contribution >= 0.6 is 0 Å². The van der Waals surface area contributed by atoms with Crippen molar-refractivity contribution in [2.45, 2.75) is 44.9 Å². The second-order valence-electron chi connectivity index (χ2n) is 5.68. The van der Waals surface area contributed by atoms with Crippen LogP contribution in [-0.2, 0) is 4.79 Å². The number of aromatic nitrogens is 2. The number of nitrogens with zero attached hydrogens (tertiary/aromatic N) is 2. The van der Waals surface area contributed by atoms with Crippen molar-refractivity contribution in [2.24, 2.45) is 5.92 Å². The van der Waals surface area contributed by atoms with Gasteiger partial charge in [0.2, 0.25) is 5.91 Å². The SMILES string of the molecule is O=C(CCC1CCCCC1)Nc1cn2ccccc2n1. The quantitative estimate of drug-likeness (QED) is 0.923. The minimum atomic E-state index is 0.0824.